The number of halogens is 1. The van der Waals surface area contributed by atoms with E-state index in [0.29, 0.717) is 23.2 Å². The summed E-state index contributed by atoms with van der Waals surface area (Å²) in [5, 5.41) is 23.5. The predicted octanol–water partition coefficient (Wildman–Crippen LogP) is 2.69. The molecule has 0 spiro atoms. The van der Waals surface area contributed by atoms with Gasteiger partial charge in [0.25, 0.3) is 0 Å². The molecule has 0 heterocycles. The highest BCUT2D eigenvalue weighted by atomic mass is 35.5. The highest BCUT2D eigenvalue weighted by molar-refractivity contribution is 6.30. The lowest BCUT2D eigenvalue weighted by Crippen LogP contribution is -2.39. The maximum atomic E-state index is 10.1. The first kappa shape index (κ1) is 15.4. The average Bonchev–Trinajstić information content (AvgIpc) is 2.48. The molecule has 0 bridgehead atoms. The van der Waals surface area contributed by atoms with E-state index in [4.69, 9.17) is 16.3 Å². The second-order valence-electron chi connectivity index (χ2n) is 5.33. The van der Waals surface area contributed by atoms with Gasteiger partial charge in [0, 0.05) is 35.8 Å². The molecule has 1 aromatic rings. The predicted molar refractivity (Wildman–Crippen MR) is 79.3 cm³/mol. The van der Waals surface area contributed by atoms with Crippen LogP contribution in [0.4, 0.5) is 0 Å². The normalized spacial score (nSPS) is 22.8. The summed E-state index contributed by atoms with van der Waals surface area (Å²) in [4.78, 5) is 0. The second-order valence-corrected chi connectivity index (χ2v) is 5.77. The van der Waals surface area contributed by atoms with Crippen molar-refractivity contribution in [1.82, 2.24) is 5.32 Å². The van der Waals surface area contributed by atoms with Gasteiger partial charge < -0.3 is 20.3 Å². The summed E-state index contributed by atoms with van der Waals surface area (Å²) in [5.41, 5.74) is 0.719. The van der Waals surface area contributed by atoms with Crippen molar-refractivity contribution in [2.24, 2.45) is 5.92 Å². The lowest BCUT2D eigenvalue weighted by Gasteiger charge is -2.31. The highest BCUT2D eigenvalue weighted by Crippen LogP contribution is 2.33. The number of methoxy groups -OCH3 is 1. The molecule has 2 rings (SSSR count). The van der Waals surface area contributed by atoms with Crippen LogP contribution in [0.25, 0.3) is 0 Å². The molecular formula is C15H22ClNO3. The molecule has 0 radical (unpaired) electrons. The van der Waals surface area contributed by atoms with Gasteiger partial charge in [-0.15, -0.1) is 0 Å². The summed E-state index contributed by atoms with van der Waals surface area (Å²) in [5.74, 6) is 0.810. The fraction of sp³-hybridized carbons (Fsp3) is 0.600. The molecule has 1 fully saturated rings. The lowest BCUT2D eigenvalue weighted by molar-refractivity contribution is 0.152. The number of phenolic OH excluding ortho intramolecular Hbond substituents is 1. The quantitative estimate of drug-likeness (QED) is 0.782. The molecule has 0 amide bonds. The van der Waals surface area contributed by atoms with Gasteiger partial charge in [0.2, 0.25) is 0 Å². The van der Waals surface area contributed by atoms with Crippen molar-refractivity contribution in [3.63, 3.8) is 0 Å². The third-order valence-electron chi connectivity index (χ3n) is 4.04. The first-order valence-corrected chi connectivity index (χ1v) is 7.43. The minimum absolute atomic E-state index is 0.126. The zero-order chi connectivity index (χ0) is 14.5. The Hall–Kier alpha value is -0.970. The van der Waals surface area contributed by atoms with E-state index in [1.165, 1.54) is 20.0 Å². The zero-order valence-corrected chi connectivity index (χ0v) is 12.5. The summed E-state index contributed by atoms with van der Waals surface area (Å²) < 4.78 is 5.10. The van der Waals surface area contributed by atoms with Crippen LogP contribution in [0.3, 0.4) is 0 Å². The van der Waals surface area contributed by atoms with E-state index < -0.39 is 0 Å². The Balaban J connectivity index is 2.04. The molecule has 0 saturated heterocycles. The number of phenols is 1. The Morgan fingerprint density at radius 1 is 1.35 bits per heavy atom. The first-order valence-electron chi connectivity index (χ1n) is 7.05. The molecule has 5 heteroatoms. The van der Waals surface area contributed by atoms with Crippen molar-refractivity contribution in [3.8, 4) is 11.5 Å². The molecule has 1 saturated carbocycles. The fourth-order valence-electron chi connectivity index (χ4n) is 2.85. The monoisotopic (exact) mass is 299 g/mol. The molecule has 1 aliphatic rings. The van der Waals surface area contributed by atoms with E-state index in [1.807, 2.05) is 0 Å². The third-order valence-corrected chi connectivity index (χ3v) is 4.26. The van der Waals surface area contributed by atoms with Gasteiger partial charge in [-0.3, -0.25) is 0 Å². The van der Waals surface area contributed by atoms with Gasteiger partial charge in [0.1, 0.15) is 0 Å². The van der Waals surface area contributed by atoms with Crippen molar-refractivity contribution in [2.75, 3.05) is 13.7 Å². The highest BCUT2D eigenvalue weighted by Gasteiger charge is 2.24. The largest absolute Gasteiger partial charge is 0.504 e. The number of rotatable bonds is 5. The Bertz CT molecular complexity index is 453. The zero-order valence-electron chi connectivity index (χ0n) is 11.7. The van der Waals surface area contributed by atoms with Crippen molar-refractivity contribution < 1.29 is 14.9 Å². The topological polar surface area (TPSA) is 61.7 Å². The second kappa shape index (κ2) is 7.16. The van der Waals surface area contributed by atoms with Crippen molar-refractivity contribution in [2.45, 2.75) is 38.3 Å². The molecule has 20 heavy (non-hydrogen) atoms. The van der Waals surface area contributed by atoms with Crippen molar-refractivity contribution >= 4 is 11.6 Å². The summed E-state index contributed by atoms with van der Waals surface area (Å²) in [6.45, 7) is 0.729. The molecule has 3 N–H and O–H groups in total. The van der Waals surface area contributed by atoms with E-state index in [9.17, 15) is 10.2 Å². The number of benzene rings is 1. The van der Waals surface area contributed by atoms with Gasteiger partial charge in [-0.05, 0) is 24.8 Å². The minimum Gasteiger partial charge on any atom is -0.504 e. The van der Waals surface area contributed by atoms with Crippen LogP contribution in [0.15, 0.2) is 12.1 Å². The number of nitrogens with one attached hydrogen (secondary N) is 1. The van der Waals surface area contributed by atoms with Crippen LogP contribution >= 0.6 is 11.6 Å². The molecule has 2 atom stereocenters. The smallest absolute Gasteiger partial charge is 0.162 e. The summed E-state index contributed by atoms with van der Waals surface area (Å²) in [7, 11) is 1.51. The van der Waals surface area contributed by atoms with E-state index in [2.05, 4.69) is 5.32 Å². The van der Waals surface area contributed by atoms with E-state index in [1.54, 1.807) is 12.1 Å². The molecule has 2 unspecified atom stereocenters. The summed E-state index contributed by atoms with van der Waals surface area (Å²) in [6.07, 6.45) is 4.47. The fourth-order valence-corrected chi connectivity index (χ4v) is 3.09. The van der Waals surface area contributed by atoms with Gasteiger partial charge in [0.15, 0.2) is 11.5 Å². The third kappa shape index (κ3) is 3.57. The molecular weight excluding hydrogens is 278 g/mol. The maximum absolute atomic E-state index is 10.1. The SMILES string of the molecule is COc1cc(Cl)cc(CNC2CCCCC2CO)c1O. The number of aliphatic hydroxyl groups excluding tert-OH is 1. The molecule has 112 valence electrons. The van der Waals surface area contributed by atoms with Crippen molar-refractivity contribution in [1.29, 1.82) is 0 Å². The van der Waals surface area contributed by atoms with Crippen LogP contribution in [-0.4, -0.2) is 30.0 Å². The van der Waals surface area contributed by atoms with Gasteiger partial charge in [-0.2, -0.15) is 0 Å². The van der Waals surface area contributed by atoms with Gasteiger partial charge >= 0.3 is 0 Å². The first-order chi connectivity index (χ1) is 9.65. The van der Waals surface area contributed by atoms with Crippen LogP contribution < -0.4 is 10.1 Å². The Labute approximate surface area is 124 Å². The van der Waals surface area contributed by atoms with Crippen LogP contribution in [0.2, 0.25) is 5.02 Å². The summed E-state index contributed by atoms with van der Waals surface area (Å²) >= 11 is 6.02. The van der Waals surface area contributed by atoms with Crippen LogP contribution in [0, 0.1) is 5.92 Å². The number of hydrogen-bond acceptors (Lipinski definition) is 4. The Kier molecular flexibility index (Phi) is 5.52. The number of ether oxygens (including phenoxy) is 1. The number of aliphatic hydroxyl groups is 1. The molecule has 0 aliphatic heterocycles. The standard InChI is InChI=1S/C15H22ClNO3/c1-20-14-7-12(16)6-11(15(14)19)8-17-13-5-3-2-4-10(13)9-18/h6-7,10,13,17-19H,2-5,8-9H2,1H3. The van der Waals surface area contributed by atoms with Crippen LogP contribution in [0.1, 0.15) is 31.2 Å². The number of hydrogen-bond donors (Lipinski definition) is 3. The van der Waals surface area contributed by atoms with Crippen LogP contribution in [0.5, 0.6) is 11.5 Å². The Morgan fingerprint density at radius 2 is 2.10 bits per heavy atom. The maximum Gasteiger partial charge on any atom is 0.162 e. The molecule has 1 aliphatic carbocycles. The van der Waals surface area contributed by atoms with Gasteiger partial charge in [-0.1, -0.05) is 24.4 Å². The molecule has 1 aromatic carbocycles. The molecule has 4 nitrogen and oxygen atoms in total. The lowest BCUT2D eigenvalue weighted by atomic mass is 9.85. The van der Waals surface area contributed by atoms with E-state index >= 15 is 0 Å². The average molecular weight is 300 g/mol. The summed E-state index contributed by atoms with van der Waals surface area (Å²) in [6, 6.07) is 3.62. The van der Waals surface area contributed by atoms with Gasteiger partial charge in [0.05, 0.1) is 7.11 Å². The van der Waals surface area contributed by atoms with E-state index in [0.717, 1.165) is 18.4 Å². The van der Waals surface area contributed by atoms with Gasteiger partial charge in [-0.25, -0.2) is 0 Å². The van der Waals surface area contributed by atoms with Crippen molar-refractivity contribution in [3.05, 3.63) is 22.7 Å². The van der Waals surface area contributed by atoms with E-state index in [-0.39, 0.29) is 18.4 Å². The number of aromatic hydroxyl groups is 1. The molecule has 0 aromatic heterocycles. The Morgan fingerprint density at radius 3 is 2.80 bits per heavy atom. The minimum atomic E-state index is 0.126. The van der Waals surface area contributed by atoms with Crippen LogP contribution in [-0.2, 0) is 6.54 Å².